The van der Waals surface area contributed by atoms with Crippen molar-refractivity contribution >= 4 is 11.6 Å². The van der Waals surface area contributed by atoms with Crippen LogP contribution in [0.3, 0.4) is 0 Å². The fourth-order valence-corrected chi connectivity index (χ4v) is 2.86. The van der Waals surface area contributed by atoms with E-state index in [1.807, 2.05) is 24.3 Å². The molecule has 3 heterocycles. The summed E-state index contributed by atoms with van der Waals surface area (Å²) < 4.78 is 2.20. The number of hydrogen-bond acceptors (Lipinski definition) is 4. The van der Waals surface area contributed by atoms with Gasteiger partial charge in [-0.25, -0.2) is 4.98 Å². The Morgan fingerprint density at radius 2 is 2.17 bits per heavy atom. The number of aromatic amines is 1. The molecule has 0 bridgehead atoms. The highest BCUT2D eigenvalue weighted by Crippen LogP contribution is 2.29. The summed E-state index contributed by atoms with van der Waals surface area (Å²) in [6.45, 7) is 1.01. The number of carbonyl (C=O) groups excluding carboxylic acids is 1. The summed E-state index contributed by atoms with van der Waals surface area (Å²) in [4.78, 5) is 16.9. The van der Waals surface area contributed by atoms with E-state index < -0.39 is 0 Å². The van der Waals surface area contributed by atoms with Crippen molar-refractivity contribution in [3.05, 3.63) is 48.2 Å². The largest absolute Gasteiger partial charge is 0.334 e. The van der Waals surface area contributed by atoms with Crippen LogP contribution >= 0.6 is 0 Å². The maximum absolute atomic E-state index is 12.2. The van der Waals surface area contributed by atoms with Crippen LogP contribution in [0.1, 0.15) is 29.2 Å². The molecule has 0 radical (unpaired) electrons. The summed E-state index contributed by atoms with van der Waals surface area (Å²) in [5, 5.41) is 12.8. The number of amides is 1. The second-order valence-electron chi connectivity index (χ2n) is 5.55. The van der Waals surface area contributed by atoms with E-state index in [2.05, 4.69) is 31.5 Å². The van der Waals surface area contributed by atoms with Gasteiger partial charge in [0, 0.05) is 24.7 Å². The van der Waals surface area contributed by atoms with Crippen LogP contribution in [-0.4, -0.2) is 30.9 Å². The number of carbonyl (C=O) groups is 1. The van der Waals surface area contributed by atoms with E-state index >= 15 is 0 Å². The molecule has 0 saturated heterocycles. The second-order valence-corrected chi connectivity index (χ2v) is 5.55. The van der Waals surface area contributed by atoms with Crippen molar-refractivity contribution in [1.29, 1.82) is 0 Å². The Labute approximate surface area is 132 Å². The standard InChI is InChI=1S/C16H16N6O/c23-16(13-9-17-21-20-13)19-12-6-2-1-5-11(12)14-10-22-8-4-3-7-15(22)18-14/h1-2,5-6,9-10H,3-4,7-8H2,(H,19,23)(H,17,20,21). The number of para-hydroxylation sites is 1. The molecule has 23 heavy (non-hydrogen) atoms. The average Bonchev–Trinajstić information content (AvgIpc) is 3.25. The highest BCUT2D eigenvalue weighted by Gasteiger charge is 2.17. The molecule has 1 aliphatic rings. The Balaban J connectivity index is 1.67. The number of imidazole rings is 1. The van der Waals surface area contributed by atoms with Crippen molar-refractivity contribution in [3.8, 4) is 11.3 Å². The van der Waals surface area contributed by atoms with Crippen LogP contribution in [0, 0.1) is 0 Å². The molecule has 0 aliphatic carbocycles. The van der Waals surface area contributed by atoms with Crippen molar-refractivity contribution in [2.24, 2.45) is 0 Å². The summed E-state index contributed by atoms with van der Waals surface area (Å²) in [5.41, 5.74) is 2.77. The number of benzene rings is 1. The smallest absolute Gasteiger partial charge is 0.277 e. The minimum absolute atomic E-state index is 0.254. The molecule has 0 unspecified atom stereocenters. The molecular weight excluding hydrogens is 292 g/mol. The minimum Gasteiger partial charge on any atom is -0.334 e. The van der Waals surface area contributed by atoms with Gasteiger partial charge in [0.25, 0.3) is 5.91 Å². The van der Waals surface area contributed by atoms with E-state index in [-0.39, 0.29) is 11.6 Å². The number of nitrogens with one attached hydrogen (secondary N) is 2. The van der Waals surface area contributed by atoms with Crippen molar-refractivity contribution in [1.82, 2.24) is 25.0 Å². The third-order valence-corrected chi connectivity index (χ3v) is 4.01. The monoisotopic (exact) mass is 308 g/mol. The SMILES string of the molecule is O=C(Nc1ccccc1-c1cn2c(n1)CCCC2)c1cn[nH]n1. The summed E-state index contributed by atoms with van der Waals surface area (Å²) in [6.07, 6.45) is 6.84. The van der Waals surface area contributed by atoms with Crippen LogP contribution in [0.15, 0.2) is 36.7 Å². The Hall–Kier alpha value is -2.96. The van der Waals surface area contributed by atoms with Crippen LogP contribution in [0.25, 0.3) is 11.3 Å². The number of nitrogens with zero attached hydrogens (tertiary/aromatic N) is 4. The zero-order valence-corrected chi connectivity index (χ0v) is 12.5. The van der Waals surface area contributed by atoms with Crippen LogP contribution in [-0.2, 0) is 13.0 Å². The second kappa shape index (κ2) is 5.68. The molecule has 4 rings (SSSR count). The third kappa shape index (κ3) is 2.61. The fourth-order valence-electron chi connectivity index (χ4n) is 2.86. The van der Waals surface area contributed by atoms with Crippen LogP contribution in [0.4, 0.5) is 5.69 Å². The van der Waals surface area contributed by atoms with Crippen molar-refractivity contribution in [2.75, 3.05) is 5.32 Å². The molecule has 0 saturated carbocycles. The van der Waals surface area contributed by atoms with E-state index in [9.17, 15) is 4.79 Å². The lowest BCUT2D eigenvalue weighted by atomic mass is 10.1. The van der Waals surface area contributed by atoms with Gasteiger partial charge < -0.3 is 9.88 Å². The first-order valence-corrected chi connectivity index (χ1v) is 7.64. The quantitative estimate of drug-likeness (QED) is 0.776. The van der Waals surface area contributed by atoms with Crippen molar-refractivity contribution in [2.45, 2.75) is 25.8 Å². The molecule has 1 amide bonds. The van der Waals surface area contributed by atoms with Gasteiger partial charge in [-0.3, -0.25) is 4.79 Å². The van der Waals surface area contributed by atoms with Gasteiger partial charge in [-0.15, -0.1) is 0 Å². The summed E-state index contributed by atoms with van der Waals surface area (Å²) >= 11 is 0. The van der Waals surface area contributed by atoms with Gasteiger partial charge in [-0.2, -0.15) is 15.4 Å². The van der Waals surface area contributed by atoms with Crippen LogP contribution in [0.5, 0.6) is 0 Å². The predicted molar refractivity (Wildman–Crippen MR) is 84.9 cm³/mol. The molecule has 0 fully saturated rings. The van der Waals surface area contributed by atoms with Gasteiger partial charge in [0.05, 0.1) is 17.6 Å². The van der Waals surface area contributed by atoms with E-state index in [0.29, 0.717) is 0 Å². The lowest BCUT2D eigenvalue weighted by molar-refractivity contribution is 0.102. The lowest BCUT2D eigenvalue weighted by Gasteiger charge is -2.11. The Bertz CT molecular complexity index is 813. The molecule has 0 spiro atoms. The highest BCUT2D eigenvalue weighted by atomic mass is 16.2. The molecule has 116 valence electrons. The molecule has 2 aromatic heterocycles. The van der Waals surface area contributed by atoms with E-state index in [1.165, 1.54) is 19.0 Å². The maximum atomic E-state index is 12.2. The summed E-state index contributed by atoms with van der Waals surface area (Å²) in [5.74, 6) is 0.819. The van der Waals surface area contributed by atoms with Gasteiger partial charge in [0.1, 0.15) is 5.82 Å². The maximum Gasteiger partial charge on any atom is 0.277 e. The fraction of sp³-hybridized carbons (Fsp3) is 0.250. The molecular formula is C16H16N6O. The molecule has 1 aromatic carbocycles. The van der Waals surface area contributed by atoms with Crippen LogP contribution in [0.2, 0.25) is 0 Å². The van der Waals surface area contributed by atoms with Gasteiger partial charge in [-0.05, 0) is 18.9 Å². The predicted octanol–water partition coefficient (Wildman–Crippen LogP) is 2.26. The van der Waals surface area contributed by atoms with Gasteiger partial charge in [0.2, 0.25) is 0 Å². The highest BCUT2D eigenvalue weighted by molar-refractivity contribution is 6.04. The van der Waals surface area contributed by atoms with Crippen LogP contribution < -0.4 is 5.32 Å². The number of rotatable bonds is 3. The normalized spacial score (nSPS) is 13.6. The zero-order valence-electron chi connectivity index (χ0n) is 12.5. The molecule has 7 nitrogen and oxygen atoms in total. The van der Waals surface area contributed by atoms with Gasteiger partial charge in [-0.1, -0.05) is 18.2 Å². The Morgan fingerprint density at radius 1 is 1.26 bits per heavy atom. The third-order valence-electron chi connectivity index (χ3n) is 4.01. The number of hydrogen-bond donors (Lipinski definition) is 2. The van der Waals surface area contributed by atoms with Gasteiger partial charge in [0.15, 0.2) is 5.69 Å². The first-order valence-electron chi connectivity index (χ1n) is 7.64. The molecule has 1 aliphatic heterocycles. The van der Waals surface area contributed by atoms with E-state index in [0.717, 1.165) is 35.7 Å². The van der Waals surface area contributed by atoms with Gasteiger partial charge >= 0.3 is 0 Å². The summed E-state index contributed by atoms with van der Waals surface area (Å²) in [7, 11) is 0. The summed E-state index contributed by atoms with van der Waals surface area (Å²) in [6, 6.07) is 7.66. The van der Waals surface area contributed by atoms with Crippen molar-refractivity contribution in [3.63, 3.8) is 0 Å². The molecule has 2 N–H and O–H groups in total. The molecule has 3 aromatic rings. The van der Waals surface area contributed by atoms with E-state index in [1.54, 1.807) is 0 Å². The molecule has 0 atom stereocenters. The molecule has 7 heteroatoms. The topological polar surface area (TPSA) is 88.5 Å². The zero-order chi connectivity index (χ0) is 15.6. The average molecular weight is 308 g/mol. The van der Waals surface area contributed by atoms with Crippen molar-refractivity contribution < 1.29 is 4.79 Å². The Morgan fingerprint density at radius 3 is 3.00 bits per heavy atom. The Kier molecular flexibility index (Phi) is 3.38. The minimum atomic E-state index is -0.296. The number of aromatic nitrogens is 5. The first-order chi connectivity index (χ1) is 11.3. The number of H-pyrrole nitrogens is 1. The number of fused-ring (bicyclic) bond motifs is 1. The van der Waals surface area contributed by atoms with E-state index in [4.69, 9.17) is 4.98 Å². The first kappa shape index (κ1) is 13.7. The lowest BCUT2D eigenvalue weighted by Crippen LogP contribution is -2.13. The number of aryl methyl sites for hydroxylation is 2. The number of anilines is 1.